The number of morpholine rings is 1. The number of anilines is 1. The first-order chi connectivity index (χ1) is 13.0. The molecule has 0 atom stereocenters. The van der Waals surface area contributed by atoms with Crippen molar-refractivity contribution in [3.63, 3.8) is 0 Å². The Morgan fingerprint density at radius 1 is 1.15 bits per heavy atom. The molecule has 5 heteroatoms. The van der Waals surface area contributed by atoms with Crippen molar-refractivity contribution in [3.8, 4) is 0 Å². The van der Waals surface area contributed by atoms with Gasteiger partial charge in [0.05, 0.1) is 13.2 Å². The highest BCUT2D eigenvalue weighted by Gasteiger charge is 2.25. The Morgan fingerprint density at radius 3 is 2.56 bits per heavy atom. The van der Waals surface area contributed by atoms with Gasteiger partial charge in [-0.2, -0.15) is 0 Å². The van der Waals surface area contributed by atoms with Crippen LogP contribution in [-0.2, 0) is 17.6 Å². The van der Waals surface area contributed by atoms with Crippen LogP contribution in [-0.4, -0.2) is 41.8 Å². The fourth-order valence-electron chi connectivity index (χ4n) is 4.84. The van der Waals surface area contributed by atoms with E-state index in [9.17, 15) is 4.79 Å². The summed E-state index contributed by atoms with van der Waals surface area (Å²) in [6.45, 7) is 11.4. The molecule has 0 radical (unpaired) electrons. The third kappa shape index (κ3) is 3.12. The second-order valence-corrected chi connectivity index (χ2v) is 8.21. The number of nitrogens with zero attached hydrogens (tertiary/aromatic N) is 2. The van der Waals surface area contributed by atoms with E-state index >= 15 is 0 Å². The van der Waals surface area contributed by atoms with Crippen LogP contribution in [0.4, 0.5) is 10.5 Å². The predicted molar refractivity (Wildman–Crippen MR) is 110 cm³/mol. The standard InChI is InChI=1S/C22H31N3O2/c1-14(2)25-18-8-6-5-7-17(18)20-16(4)21(15(3)13-19(20)25)23-22(26)24-9-11-27-12-10-24/h13-14H,5-12H2,1-4H3,(H,23,26). The summed E-state index contributed by atoms with van der Waals surface area (Å²) in [5, 5.41) is 4.57. The Kier molecular flexibility index (Phi) is 4.89. The van der Waals surface area contributed by atoms with E-state index in [1.165, 1.54) is 40.6 Å². The number of carbonyl (C=O) groups excluding carboxylic acids is 1. The summed E-state index contributed by atoms with van der Waals surface area (Å²) >= 11 is 0. The van der Waals surface area contributed by atoms with E-state index in [1.54, 1.807) is 0 Å². The van der Waals surface area contributed by atoms with Crippen molar-refractivity contribution < 1.29 is 9.53 Å². The zero-order valence-electron chi connectivity index (χ0n) is 17.0. The van der Waals surface area contributed by atoms with Crippen LogP contribution in [0.5, 0.6) is 0 Å². The van der Waals surface area contributed by atoms with Gasteiger partial charge >= 0.3 is 6.03 Å². The van der Waals surface area contributed by atoms with Crippen molar-refractivity contribution in [1.82, 2.24) is 9.47 Å². The smallest absolute Gasteiger partial charge is 0.322 e. The quantitative estimate of drug-likeness (QED) is 0.842. The highest BCUT2D eigenvalue weighted by molar-refractivity contribution is 5.99. The number of ether oxygens (including phenoxy) is 1. The van der Waals surface area contributed by atoms with E-state index in [0.29, 0.717) is 32.3 Å². The predicted octanol–water partition coefficient (Wildman–Crippen LogP) is 4.58. The van der Waals surface area contributed by atoms with E-state index in [4.69, 9.17) is 4.74 Å². The van der Waals surface area contributed by atoms with Crippen LogP contribution in [0.2, 0.25) is 0 Å². The molecule has 2 aromatic rings. The van der Waals surface area contributed by atoms with Crippen LogP contribution in [0.25, 0.3) is 10.9 Å². The Balaban J connectivity index is 1.80. The molecule has 1 aromatic heterocycles. The molecule has 2 heterocycles. The lowest BCUT2D eigenvalue weighted by Crippen LogP contribution is -2.43. The Bertz CT molecular complexity index is 876. The van der Waals surface area contributed by atoms with Gasteiger partial charge in [-0.1, -0.05) is 0 Å². The highest BCUT2D eigenvalue weighted by atomic mass is 16.5. The molecule has 0 bridgehead atoms. The second-order valence-electron chi connectivity index (χ2n) is 8.21. The molecule has 0 spiro atoms. The first kappa shape index (κ1) is 18.4. The molecule has 1 fully saturated rings. The molecule has 0 saturated carbocycles. The lowest BCUT2D eigenvalue weighted by molar-refractivity contribution is 0.0564. The number of urea groups is 1. The number of carbonyl (C=O) groups is 1. The number of rotatable bonds is 2. The monoisotopic (exact) mass is 369 g/mol. The maximum Gasteiger partial charge on any atom is 0.322 e. The summed E-state index contributed by atoms with van der Waals surface area (Å²) in [6.07, 6.45) is 4.84. The van der Waals surface area contributed by atoms with Gasteiger partial charge in [-0.25, -0.2) is 4.79 Å². The Morgan fingerprint density at radius 2 is 1.85 bits per heavy atom. The van der Waals surface area contributed by atoms with Crippen molar-refractivity contribution >= 4 is 22.6 Å². The molecule has 1 saturated heterocycles. The second kappa shape index (κ2) is 7.19. The summed E-state index contributed by atoms with van der Waals surface area (Å²) in [5.41, 5.74) is 7.67. The molecule has 4 rings (SSSR count). The lowest BCUT2D eigenvalue weighted by Gasteiger charge is -2.27. The van der Waals surface area contributed by atoms with Gasteiger partial charge in [0.25, 0.3) is 0 Å². The van der Waals surface area contributed by atoms with E-state index in [2.05, 4.69) is 43.6 Å². The van der Waals surface area contributed by atoms with Crippen molar-refractivity contribution in [3.05, 3.63) is 28.5 Å². The van der Waals surface area contributed by atoms with Gasteiger partial charge in [-0.3, -0.25) is 0 Å². The van der Waals surface area contributed by atoms with Gasteiger partial charge in [0.15, 0.2) is 0 Å². The number of benzene rings is 1. The van der Waals surface area contributed by atoms with E-state index < -0.39 is 0 Å². The minimum Gasteiger partial charge on any atom is -0.378 e. The molecule has 1 aliphatic carbocycles. The van der Waals surface area contributed by atoms with Gasteiger partial charge in [-0.15, -0.1) is 0 Å². The normalized spacial score (nSPS) is 17.4. The van der Waals surface area contributed by atoms with Crippen LogP contribution >= 0.6 is 0 Å². The number of nitrogens with one attached hydrogen (secondary N) is 1. The van der Waals surface area contributed by atoms with E-state index in [0.717, 1.165) is 24.1 Å². The third-order valence-corrected chi connectivity index (χ3v) is 6.09. The molecule has 1 aliphatic heterocycles. The molecule has 1 N–H and O–H groups in total. The summed E-state index contributed by atoms with van der Waals surface area (Å²) < 4.78 is 7.89. The Hall–Kier alpha value is -2.01. The van der Waals surface area contributed by atoms with Crippen molar-refractivity contribution in [2.75, 3.05) is 31.6 Å². The van der Waals surface area contributed by atoms with Crippen molar-refractivity contribution in [2.24, 2.45) is 0 Å². The maximum atomic E-state index is 12.8. The number of amides is 2. The SMILES string of the molecule is Cc1cc2c(c(C)c1NC(=O)N1CCOCC1)c1c(n2C(C)C)CCCC1. The molecular formula is C22H31N3O2. The van der Waals surface area contributed by atoms with Gasteiger partial charge in [0, 0.05) is 41.4 Å². The lowest BCUT2D eigenvalue weighted by atomic mass is 9.92. The van der Waals surface area contributed by atoms with E-state index in [-0.39, 0.29) is 6.03 Å². The third-order valence-electron chi connectivity index (χ3n) is 6.09. The van der Waals surface area contributed by atoms with Crippen LogP contribution in [0.3, 0.4) is 0 Å². The average Bonchev–Trinajstić information content (AvgIpc) is 2.99. The van der Waals surface area contributed by atoms with Gasteiger partial charge in [-0.05, 0) is 76.1 Å². The minimum atomic E-state index is -0.0130. The summed E-state index contributed by atoms with van der Waals surface area (Å²) in [7, 11) is 0. The van der Waals surface area contributed by atoms with Gasteiger partial charge in [0.2, 0.25) is 0 Å². The van der Waals surface area contributed by atoms with Crippen LogP contribution < -0.4 is 5.32 Å². The van der Waals surface area contributed by atoms with Crippen LogP contribution in [0.15, 0.2) is 6.07 Å². The Labute approximate surface area is 161 Å². The minimum absolute atomic E-state index is 0.0130. The maximum absolute atomic E-state index is 12.8. The largest absolute Gasteiger partial charge is 0.378 e. The van der Waals surface area contributed by atoms with Crippen molar-refractivity contribution in [1.29, 1.82) is 0 Å². The highest BCUT2D eigenvalue weighted by Crippen LogP contribution is 2.40. The number of aryl methyl sites for hydroxylation is 3. The number of hydrogen-bond donors (Lipinski definition) is 1. The number of fused-ring (bicyclic) bond motifs is 3. The fourth-order valence-corrected chi connectivity index (χ4v) is 4.84. The van der Waals surface area contributed by atoms with Crippen molar-refractivity contribution in [2.45, 2.75) is 59.4 Å². The summed E-state index contributed by atoms with van der Waals surface area (Å²) in [4.78, 5) is 14.6. The molecule has 146 valence electrons. The topological polar surface area (TPSA) is 46.5 Å². The van der Waals surface area contributed by atoms with Gasteiger partial charge in [0.1, 0.15) is 0 Å². The average molecular weight is 370 g/mol. The van der Waals surface area contributed by atoms with Crippen LogP contribution in [0, 0.1) is 13.8 Å². The first-order valence-corrected chi connectivity index (χ1v) is 10.3. The summed E-state index contributed by atoms with van der Waals surface area (Å²) in [5.74, 6) is 0. The molecule has 0 unspecified atom stereocenters. The summed E-state index contributed by atoms with van der Waals surface area (Å²) in [6, 6.07) is 2.71. The zero-order valence-corrected chi connectivity index (χ0v) is 17.0. The molecule has 5 nitrogen and oxygen atoms in total. The van der Waals surface area contributed by atoms with Gasteiger partial charge < -0.3 is 19.5 Å². The molecule has 2 amide bonds. The molecular weight excluding hydrogens is 338 g/mol. The first-order valence-electron chi connectivity index (χ1n) is 10.3. The molecule has 27 heavy (non-hydrogen) atoms. The van der Waals surface area contributed by atoms with E-state index in [1.807, 2.05) is 4.90 Å². The number of aromatic nitrogens is 1. The molecule has 2 aliphatic rings. The van der Waals surface area contributed by atoms with Crippen LogP contribution in [0.1, 0.15) is 55.1 Å². The fraction of sp³-hybridized carbons (Fsp3) is 0.591. The molecule has 1 aromatic carbocycles. The zero-order chi connectivity index (χ0) is 19.1. The number of hydrogen-bond acceptors (Lipinski definition) is 2.